The van der Waals surface area contributed by atoms with Gasteiger partial charge >= 0.3 is 0 Å². The lowest BCUT2D eigenvalue weighted by Crippen LogP contribution is -2.87. The van der Waals surface area contributed by atoms with Crippen molar-refractivity contribution >= 4 is 5.91 Å². The number of hydrogen-bond donors (Lipinski definition) is 0. The summed E-state index contributed by atoms with van der Waals surface area (Å²) < 4.78 is 7.01. The average molecular weight is 494 g/mol. The van der Waals surface area contributed by atoms with Crippen LogP contribution in [0.25, 0.3) is 0 Å². The van der Waals surface area contributed by atoms with E-state index in [1.165, 1.54) is 109 Å². The fourth-order valence-corrected chi connectivity index (χ4v) is 12.3. The number of rotatable bonds is 0. The standard InChI is InChI=1S/C31H47N3O2/c35-31-20-9-2-1-8-18(20)19-16-17-25-30-28(19)34(31)22-11-4-3-10-21(22)32(30)24-13-7-15-27-29(24)33(25)23-12-5-6-14-26(23)36-27/h18-30H,1-17H2. The van der Waals surface area contributed by atoms with E-state index in [-0.39, 0.29) is 0 Å². The van der Waals surface area contributed by atoms with E-state index in [2.05, 4.69) is 14.7 Å². The second-order valence-corrected chi connectivity index (χ2v) is 14.5. The summed E-state index contributed by atoms with van der Waals surface area (Å²) in [6, 6.07) is 4.78. The Kier molecular flexibility index (Phi) is 5.04. The minimum atomic E-state index is 0.354. The predicted molar refractivity (Wildman–Crippen MR) is 138 cm³/mol. The van der Waals surface area contributed by atoms with E-state index in [4.69, 9.17) is 4.74 Å². The Balaban J connectivity index is 1.19. The summed E-state index contributed by atoms with van der Waals surface area (Å²) in [6.07, 6.45) is 23.5. The average Bonchev–Trinajstić information content (AvgIpc) is 2.93. The Bertz CT molecular complexity index is 910. The minimum Gasteiger partial charge on any atom is -0.372 e. The molecular formula is C31H47N3O2. The zero-order valence-electron chi connectivity index (χ0n) is 22.2. The van der Waals surface area contributed by atoms with Crippen LogP contribution in [0.2, 0.25) is 0 Å². The molecule has 0 aromatic rings. The highest BCUT2D eigenvalue weighted by atomic mass is 16.5. The summed E-state index contributed by atoms with van der Waals surface area (Å²) >= 11 is 0. The molecule has 0 aromatic heterocycles. The van der Waals surface area contributed by atoms with Crippen molar-refractivity contribution in [2.24, 2.45) is 17.8 Å². The summed E-state index contributed by atoms with van der Waals surface area (Å²) in [5.74, 6) is 2.41. The number of carbonyl (C=O) groups is 1. The van der Waals surface area contributed by atoms with Gasteiger partial charge in [-0.15, -0.1) is 0 Å². The Labute approximate surface area is 217 Å². The summed E-state index contributed by atoms with van der Waals surface area (Å²) in [4.78, 5) is 23.3. The van der Waals surface area contributed by atoms with E-state index in [1.54, 1.807) is 0 Å². The Hall–Kier alpha value is -0.650. The van der Waals surface area contributed by atoms with Crippen LogP contribution in [0, 0.1) is 17.8 Å². The lowest BCUT2D eigenvalue weighted by Gasteiger charge is -2.74. The van der Waals surface area contributed by atoms with Gasteiger partial charge in [0.05, 0.1) is 24.3 Å². The topological polar surface area (TPSA) is 36.0 Å². The van der Waals surface area contributed by atoms with Gasteiger partial charge in [-0.3, -0.25) is 14.6 Å². The fraction of sp³-hybridized carbons (Fsp3) is 0.968. The number of piperazine rings is 2. The highest BCUT2D eigenvalue weighted by Crippen LogP contribution is 2.58. The number of piperidine rings is 1. The summed E-state index contributed by atoms with van der Waals surface area (Å²) in [5.41, 5.74) is 0. The van der Waals surface area contributed by atoms with Crippen molar-refractivity contribution in [1.82, 2.24) is 14.7 Å². The SMILES string of the molecule is O=C1C2CCCCC2C2CCC3C4C2N1C1CCCCC1N4C1CCCC2OC4CCCCC4N3C21. The molecule has 5 nitrogen and oxygen atoms in total. The molecule has 4 heterocycles. The molecule has 5 saturated carbocycles. The number of fused-ring (bicyclic) bond motifs is 9. The van der Waals surface area contributed by atoms with Crippen molar-refractivity contribution in [3.05, 3.63) is 0 Å². The molecule has 0 spiro atoms. The largest absolute Gasteiger partial charge is 0.372 e. The molecule has 5 aliphatic carbocycles. The number of nitrogens with zero attached hydrogens (tertiary/aromatic N) is 3. The van der Waals surface area contributed by atoms with Gasteiger partial charge in [0, 0.05) is 42.2 Å². The van der Waals surface area contributed by atoms with Crippen LogP contribution in [0.1, 0.15) is 109 Å². The van der Waals surface area contributed by atoms with E-state index < -0.39 is 0 Å². The minimum absolute atomic E-state index is 0.354. The first kappa shape index (κ1) is 22.2. The van der Waals surface area contributed by atoms with E-state index in [0.717, 1.165) is 5.92 Å². The van der Waals surface area contributed by atoms with Crippen LogP contribution in [-0.4, -0.2) is 81.1 Å². The summed E-state index contributed by atoms with van der Waals surface area (Å²) in [7, 11) is 0. The van der Waals surface area contributed by atoms with Crippen molar-refractivity contribution in [2.45, 2.75) is 170 Å². The highest BCUT2D eigenvalue weighted by molar-refractivity contribution is 5.81. The molecule has 0 bridgehead atoms. The monoisotopic (exact) mass is 493 g/mol. The van der Waals surface area contributed by atoms with E-state index >= 15 is 0 Å². The number of hydrogen-bond acceptors (Lipinski definition) is 4. The third-order valence-electron chi connectivity index (χ3n) is 13.3. The van der Waals surface area contributed by atoms with Crippen LogP contribution in [-0.2, 0) is 9.53 Å². The molecule has 36 heavy (non-hydrogen) atoms. The van der Waals surface area contributed by atoms with Crippen molar-refractivity contribution in [1.29, 1.82) is 0 Å². The molecule has 13 atom stereocenters. The van der Waals surface area contributed by atoms with Gasteiger partial charge in [0.2, 0.25) is 5.91 Å². The third kappa shape index (κ3) is 2.81. The first-order chi connectivity index (χ1) is 17.8. The third-order valence-corrected chi connectivity index (χ3v) is 13.3. The maximum atomic E-state index is 14.4. The van der Waals surface area contributed by atoms with Gasteiger partial charge < -0.3 is 9.64 Å². The number of carbonyl (C=O) groups excluding carboxylic acids is 1. The molecule has 9 fully saturated rings. The van der Waals surface area contributed by atoms with Crippen LogP contribution in [0.5, 0.6) is 0 Å². The maximum Gasteiger partial charge on any atom is 0.226 e. The quantitative estimate of drug-likeness (QED) is 0.489. The molecular weight excluding hydrogens is 446 g/mol. The van der Waals surface area contributed by atoms with Gasteiger partial charge in [0.15, 0.2) is 0 Å². The van der Waals surface area contributed by atoms with E-state index in [9.17, 15) is 4.79 Å². The van der Waals surface area contributed by atoms with Crippen molar-refractivity contribution in [3.8, 4) is 0 Å². The normalized spacial score (nSPS) is 56.1. The lowest BCUT2D eigenvalue weighted by molar-refractivity contribution is -0.275. The molecule has 0 radical (unpaired) electrons. The molecule has 9 rings (SSSR count). The Morgan fingerprint density at radius 2 is 1.17 bits per heavy atom. The van der Waals surface area contributed by atoms with Gasteiger partial charge in [-0.2, -0.15) is 0 Å². The van der Waals surface area contributed by atoms with Crippen LogP contribution < -0.4 is 0 Å². The first-order valence-electron chi connectivity index (χ1n) is 16.3. The summed E-state index contributed by atoms with van der Waals surface area (Å²) in [6.45, 7) is 0. The Morgan fingerprint density at radius 3 is 2.08 bits per heavy atom. The molecule has 5 heteroatoms. The molecule has 0 aromatic carbocycles. The first-order valence-corrected chi connectivity index (χ1v) is 16.3. The van der Waals surface area contributed by atoms with Gasteiger partial charge in [-0.1, -0.05) is 38.5 Å². The Morgan fingerprint density at radius 1 is 0.500 bits per heavy atom. The number of morpholine rings is 1. The van der Waals surface area contributed by atoms with Gasteiger partial charge in [-0.25, -0.2) is 0 Å². The predicted octanol–water partition coefficient (Wildman–Crippen LogP) is 4.72. The summed E-state index contributed by atoms with van der Waals surface area (Å²) in [5, 5.41) is 0. The number of amides is 1. The van der Waals surface area contributed by atoms with Crippen LogP contribution in [0.15, 0.2) is 0 Å². The second-order valence-electron chi connectivity index (χ2n) is 14.5. The highest BCUT2D eigenvalue weighted by Gasteiger charge is 2.68. The van der Waals surface area contributed by atoms with E-state index in [1.807, 2.05) is 0 Å². The van der Waals surface area contributed by atoms with Gasteiger partial charge in [0.1, 0.15) is 0 Å². The lowest BCUT2D eigenvalue weighted by atomic mass is 9.56. The van der Waals surface area contributed by atoms with Crippen LogP contribution in [0.3, 0.4) is 0 Å². The molecule has 0 N–H and O–H groups in total. The molecule has 1 amide bonds. The number of ether oxygens (including phenoxy) is 1. The molecule has 4 saturated heterocycles. The van der Waals surface area contributed by atoms with Gasteiger partial charge in [-0.05, 0) is 82.5 Å². The molecule has 9 aliphatic rings. The van der Waals surface area contributed by atoms with Crippen LogP contribution in [0.4, 0.5) is 0 Å². The van der Waals surface area contributed by atoms with E-state index in [0.29, 0.717) is 78.3 Å². The molecule has 13 unspecified atom stereocenters. The molecule has 198 valence electrons. The smallest absolute Gasteiger partial charge is 0.226 e. The fourth-order valence-electron chi connectivity index (χ4n) is 12.3. The molecule has 4 aliphatic heterocycles. The van der Waals surface area contributed by atoms with Gasteiger partial charge in [0.25, 0.3) is 0 Å². The maximum absolute atomic E-state index is 14.4. The second kappa shape index (κ2) is 8.18. The van der Waals surface area contributed by atoms with Crippen molar-refractivity contribution in [2.75, 3.05) is 0 Å². The van der Waals surface area contributed by atoms with Crippen LogP contribution >= 0.6 is 0 Å². The zero-order valence-corrected chi connectivity index (χ0v) is 22.2. The van der Waals surface area contributed by atoms with Crippen molar-refractivity contribution in [3.63, 3.8) is 0 Å². The van der Waals surface area contributed by atoms with Crippen molar-refractivity contribution < 1.29 is 9.53 Å². The zero-order chi connectivity index (χ0) is 23.5.